The number of amides is 1. The molecule has 0 unspecified atom stereocenters. The summed E-state index contributed by atoms with van der Waals surface area (Å²) in [4.78, 5) is 25.4. The van der Waals surface area contributed by atoms with Crippen molar-refractivity contribution in [1.82, 2.24) is 0 Å². The van der Waals surface area contributed by atoms with Crippen molar-refractivity contribution in [2.45, 2.75) is 45.4 Å². The van der Waals surface area contributed by atoms with Crippen LogP contribution in [0.4, 0.5) is 11.4 Å². The number of hydrogen-bond donors (Lipinski definition) is 2. The Morgan fingerprint density at radius 1 is 1.18 bits per heavy atom. The summed E-state index contributed by atoms with van der Waals surface area (Å²) >= 11 is 0. The number of carboxylic acids is 1. The number of benzene rings is 1. The van der Waals surface area contributed by atoms with E-state index in [2.05, 4.69) is 10.2 Å². The Balaban J connectivity index is 2.22. The van der Waals surface area contributed by atoms with Crippen LogP contribution >= 0.6 is 0 Å². The largest absolute Gasteiger partial charge is 0.478 e. The SMILES string of the molecule is CCCC(=O)Nc1ccc(N2CCCCCC2)cc1C(=O)O. The number of hydrogen-bond acceptors (Lipinski definition) is 3. The van der Waals surface area contributed by atoms with E-state index in [0.29, 0.717) is 12.1 Å². The molecule has 0 bridgehead atoms. The molecule has 0 saturated carbocycles. The molecule has 0 radical (unpaired) electrons. The van der Waals surface area contributed by atoms with E-state index in [9.17, 15) is 14.7 Å². The molecule has 2 N–H and O–H groups in total. The van der Waals surface area contributed by atoms with Crippen molar-refractivity contribution in [1.29, 1.82) is 0 Å². The van der Waals surface area contributed by atoms with Gasteiger partial charge in [0.15, 0.2) is 0 Å². The number of carbonyl (C=O) groups is 2. The first kappa shape index (κ1) is 16.3. The van der Waals surface area contributed by atoms with Gasteiger partial charge in [0.2, 0.25) is 5.91 Å². The predicted octanol–water partition coefficient (Wildman–Crippen LogP) is 3.50. The number of rotatable bonds is 5. The van der Waals surface area contributed by atoms with Crippen molar-refractivity contribution in [3.05, 3.63) is 23.8 Å². The molecule has 1 amide bonds. The van der Waals surface area contributed by atoms with E-state index < -0.39 is 5.97 Å². The van der Waals surface area contributed by atoms with Crippen LogP contribution in [0.3, 0.4) is 0 Å². The molecule has 0 atom stereocenters. The third-order valence-electron chi connectivity index (χ3n) is 3.96. The maximum atomic E-state index is 11.7. The fourth-order valence-electron chi connectivity index (χ4n) is 2.78. The minimum absolute atomic E-state index is 0.146. The van der Waals surface area contributed by atoms with Gasteiger partial charge in [-0.05, 0) is 37.5 Å². The molecule has 5 nitrogen and oxygen atoms in total. The molecule has 1 heterocycles. The molecule has 1 aliphatic heterocycles. The smallest absolute Gasteiger partial charge is 0.337 e. The van der Waals surface area contributed by atoms with E-state index in [1.54, 1.807) is 12.1 Å². The molecule has 1 aromatic carbocycles. The number of aromatic carboxylic acids is 1. The van der Waals surface area contributed by atoms with Crippen LogP contribution in [0, 0.1) is 0 Å². The molecule has 1 saturated heterocycles. The Hall–Kier alpha value is -2.04. The number of nitrogens with one attached hydrogen (secondary N) is 1. The third kappa shape index (κ3) is 4.23. The predicted molar refractivity (Wildman–Crippen MR) is 87.6 cm³/mol. The number of anilines is 2. The quantitative estimate of drug-likeness (QED) is 0.873. The lowest BCUT2D eigenvalue weighted by Crippen LogP contribution is -2.24. The Morgan fingerprint density at radius 2 is 1.86 bits per heavy atom. The highest BCUT2D eigenvalue weighted by atomic mass is 16.4. The Kier molecular flexibility index (Phi) is 5.81. The van der Waals surface area contributed by atoms with Crippen molar-refractivity contribution in [3.63, 3.8) is 0 Å². The minimum Gasteiger partial charge on any atom is -0.478 e. The molecule has 5 heteroatoms. The number of nitrogens with zero attached hydrogens (tertiary/aromatic N) is 1. The van der Waals surface area contributed by atoms with Crippen LogP contribution in [0.15, 0.2) is 18.2 Å². The lowest BCUT2D eigenvalue weighted by atomic mass is 10.1. The van der Waals surface area contributed by atoms with Gasteiger partial charge in [-0.3, -0.25) is 4.79 Å². The molecule has 120 valence electrons. The van der Waals surface area contributed by atoms with Crippen LogP contribution in [0.25, 0.3) is 0 Å². The number of carbonyl (C=O) groups excluding carboxylic acids is 1. The molecule has 2 rings (SSSR count). The Labute approximate surface area is 131 Å². The molecule has 1 aromatic rings. The molecular formula is C17H24N2O3. The van der Waals surface area contributed by atoms with Gasteiger partial charge in [0.1, 0.15) is 0 Å². The van der Waals surface area contributed by atoms with Crippen LogP contribution in [0.5, 0.6) is 0 Å². The average molecular weight is 304 g/mol. The van der Waals surface area contributed by atoms with Crippen molar-refractivity contribution in [2.75, 3.05) is 23.3 Å². The summed E-state index contributed by atoms with van der Waals surface area (Å²) in [5.41, 5.74) is 1.46. The molecule has 1 aliphatic rings. The van der Waals surface area contributed by atoms with Gasteiger partial charge < -0.3 is 15.3 Å². The first-order valence-electron chi connectivity index (χ1n) is 8.04. The number of carboxylic acid groups (broad SMARTS) is 1. The van der Waals surface area contributed by atoms with Crippen LogP contribution in [0.2, 0.25) is 0 Å². The van der Waals surface area contributed by atoms with Gasteiger partial charge in [0.05, 0.1) is 11.3 Å². The average Bonchev–Trinajstić information content (AvgIpc) is 2.76. The lowest BCUT2D eigenvalue weighted by molar-refractivity contribution is -0.116. The second-order valence-electron chi connectivity index (χ2n) is 5.73. The second-order valence-corrected chi connectivity index (χ2v) is 5.73. The topological polar surface area (TPSA) is 69.6 Å². The molecule has 0 aromatic heterocycles. The lowest BCUT2D eigenvalue weighted by Gasteiger charge is -2.23. The van der Waals surface area contributed by atoms with Crippen LogP contribution < -0.4 is 10.2 Å². The van der Waals surface area contributed by atoms with E-state index in [0.717, 1.165) is 38.0 Å². The van der Waals surface area contributed by atoms with E-state index in [4.69, 9.17) is 0 Å². The van der Waals surface area contributed by atoms with Gasteiger partial charge in [-0.15, -0.1) is 0 Å². The van der Waals surface area contributed by atoms with E-state index >= 15 is 0 Å². The highest BCUT2D eigenvalue weighted by Gasteiger charge is 2.16. The zero-order chi connectivity index (χ0) is 15.9. The Bertz CT molecular complexity index is 535. The van der Waals surface area contributed by atoms with Crippen molar-refractivity contribution in [3.8, 4) is 0 Å². The summed E-state index contributed by atoms with van der Waals surface area (Å²) in [6, 6.07) is 5.28. The summed E-state index contributed by atoms with van der Waals surface area (Å²) in [5, 5.41) is 12.1. The van der Waals surface area contributed by atoms with Gasteiger partial charge in [0.25, 0.3) is 0 Å². The summed E-state index contributed by atoms with van der Waals surface area (Å²) in [6.07, 6.45) is 5.86. The Morgan fingerprint density at radius 3 is 2.45 bits per heavy atom. The van der Waals surface area contributed by atoms with Gasteiger partial charge in [-0.1, -0.05) is 19.8 Å². The highest BCUT2D eigenvalue weighted by Crippen LogP contribution is 2.26. The van der Waals surface area contributed by atoms with Gasteiger partial charge in [0, 0.05) is 25.2 Å². The normalized spacial score (nSPS) is 15.2. The molecular weight excluding hydrogens is 280 g/mol. The minimum atomic E-state index is -1.01. The van der Waals surface area contributed by atoms with E-state index in [1.165, 1.54) is 12.8 Å². The summed E-state index contributed by atoms with van der Waals surface area (Å²) in [5.74, 6) is -1.16. The molecule has 0 spiro atoms. The molecule has 0 aliphatic carbocycles. The first-order chi connectivity index (χ1) is 10.6. The fraction of sp³-hybridized carbons (Fsp3) is 0.529. The van der Waals surface area contributed by atoms with Crippen molar-refractivity contribution >= 4 is 23.3 Å². The second kappa shape index (κ2) is 7.82. The van der Waals surface area contributed by atoms with E-state index in [-0.39, 0.29) is 11.5 Å². The monoisotopic (exact) mass is 304 g/mol. The first-order valence-corrected chi connectivity index (χ1v) is 8.04. The standard InChI is InChI=1S/C17H24N2O3/c1-2-7-16(20)18-15-9-8-13(12-14(15)17(21)22)19-10-5-3-4-6-11-19/h8-9,12H,2-7,10-11H2,1H3,(H,18,20)(H,21,22). The van der Waals surface area contributed by atoms with E-state index in [1.807, 2.05) is 13.0 Å². The molecule has 22 heavy (non-hydrogen) atoms. The van der Waals surface area contributed by atoms with Crippen molar-refractivity contribution < 1.29 is 14.7 Å². The molecule has 1 fully saturated rings. The van der Waals surface area contributed by atoms with Gasteiger partial charge in [-0.2, -0.15) is 0 Å². The third-order valence-corrected chi connectivity index (χ3v) is 3.96. The maximum absolute atomic E-state index is 11.7. The summed E-state index contributed by atoms with van der Waals surface area (Å²) < 4.78 is 0. The van der Waals surface area contributed by atoms with Gasteiger partial charge in [-0.25, -0.2) is 4.79 Å². The maximum Gasteiger partial charge on any atom is 0.337 e. The van der Waals surface area contributed by atoms with Crippen LogP contribution in [0.1, 0.15) is 55.8 Å². The zero-order valence-corrected chi connectivity index (χ0v) is 13.1. The summed E-state index contributed by atoms with van der Waals surface area (Å²) in [7, 11) is 0. The van der Waals surface area contributed by atoms with Crippen LogP contribution in [-0.4, -0.2) is 30.1 Å². The fourth-order valence-corrected chi connectivity index (χ4v) is 2.78. The van der Waals surface area contributed by atoms with Crippen molar-refractivity contribution in [2.24, 2.45) is 0 Å². The highest BCUT2D eigenvalue weighted by molar-refractivity contribution is 6.01. The summed E-state index contributed by atoms with van der Waals surface area (Å²) in [6.45, 7) is 3.83. The van der Waals surface area contributed by atoms with Crippen LogP contribution in [-0.2, 0) is 4.79 Å². The zero-order valence-electron chi connectivity index (χ0n) is 13.1. The van der Waals surface area contributed by atoms with Gasteiger partial charge >= 0.3 is 5.97 Å².